The van der Waals surface area contributed by atoms with Crippen molar-refractivity contribution in [2.75, 3.05) is 0 Å². The van der Waals surface area contributed by atoms with Crippen molar-refractivity contribution in [1.82, 2.24) is 0 Å². The van der Waals surface area contributed by atoms with E-state index < -0.39 is 0 Å². The molecule has 0 N–H and O–H groups in total. The molecule has 10 radical (unpaired) electrons. The van der Waals surface area contributed by atoms with Gasteiger partial charge in [0, 0.05) is 327 Å². The molecular weight excluding hydrogens is 997 g/mol. The van der Waals surface area contributed by atoms with Gasteiger partial charge < -0.3 is 19.3 Å². The van der Waals surface area contributed by atoms with Crippen LogP contribution in [0.1, 0.15) is 41.5 Å². The van der Waals surface area contributed by atoms with Gasteiger partial charge in [0.25, 0.3) is 0 Å². The summed E-state index contributed by atoms with van der Waals surface area (Å²) in [5, 5.41) is 0. The standard InChI is InChI=1S/3C3H7.10Y/c3*1-3-2;;;;;;;;;;/h3*3H,1-2H3;;;;;;;;;;/q3*-1;;;;;;;;;;. The molecule has 0 saturated heterocycles. The van der Waals surface area contributed by atoms with Crippen LogP contribution in [0, 0.1) is 19.3 Å². The Morgan fingerprint density at radius 2 is 0.263 bits per heavy atom. The summed E-state index contributed by atoms with van der Waals surface area (Å²) in [6.45, 7) is 12.0. The van der Waals surface area contributed by atoms with Crippen LogP contribution in [0.15, 0.2) is 0 Å². The Hall–Kier alpha value is 11.0. The summed E-state index contributed by atoms with van der Waals surface area (Å²) in [6, 6.07) is 0. The molecule has 0 amide bonds. The summed E-state index contributed by atoms with van der Waals surface area (Å²) in [6.07, 6.45) is 6.00. The van der Waals surface area contributed by atoms with E-state index in [1.54, 1.807) is 0 Å². The second-order valence-electron chi connectivity index (χ2n) is 1.73. The van der Waals surface area contributed by atoms with Crippen LogP contribution >= 0.6 is 0 Å². The van der Waals surface area contributed by atoms with E-state index in [1.807, 2.05) is 60.8 Å². The molecule has 0 rings (SSSR count). The predicted octanol–water partition coefficient (Wildman–Crippen LogP) is 3.67. The minimum Gasteiger partial charge on any atom is -0.335 e. The molecule has 0 aliphatic heterocycles. The Morgan fingerprint density at radius 1 is 0.263 bits per heavy atom. The van der Waals surface area contributed by atoms with Crippen LogP contribution in [0.2, 0.25) is 0 Å². The molecule has 0 aliphatic rings. The van der Waals surface area contributed by atoms with Gasteiger partial charge in [0.05, 0.1) is 0 Å². The molecule has 0 aliphatic carbocycles. The van der Waals surface area contributed by atoms with E-state index >= 15 is 0 Å². The van der Waals surface area contributed by atoms with Crippen molar-refractivity contribution in [3.63, 3.8) is 0 Å². The van der Waals surface area contributed by atoms with Crippen molar-refractivity contribution in [2.45, 2.75) is 41.5 Å². The minimum absolute atomic E-state index is 0. The van der Waals surface area contributed by atoms with Crippen LogP contribution in [0.5, 0.6) is 0 Å². The van der Waals surface area contributed by atoms with Crippen molar-refractivity contribution in [1.29, 1.82) is 0 Å². The smallest absolute Gasteiger partial charge is 0 e. The fourth-order valence-electron chi connectivity index (χ4n) is 0. The van der Waals surface area contributed by atoms with E-state index in [2.05, 4.69) is 0 Å². The Labute approximate surface area is 376 Å². The predicted molar refractivity (Wildman–Crippen MR) is 46.9 cm³/mol. The first-order valence-electron chi connectivity index (χ1n) is 3.46. The van der Waals surface area contributed by atoms with Crippen molar-refractivity contribution < 1.29 is 327 Å². The van der Waals surface area contributed by atoms with E-state index in [1.165, 1.54) is 0 Å². The Kier molecular flexibility index (Phi) is 532. The van der Waals surface area contributed by atoms with Crippen LogP contribution in [-0.2, 0) is 327 Å². The first-order valence-corrected chi connectivity index (χ1v) is 3.46. The third-order valence-corrected chi connectivity index (χ3v) is 0. The molecular formula is C9H21Y10-3. The fourth-order valence-corrected chi connectivity index (χ4v) is 0. The first kappa shape index (κ1) is 87.2. The van der Waals surface area contributed by atoms with Gasteiger partial charge in [-0.1, -0.05) is 0 Å². The zero-order valence-corrected chi connectivity index (χ0v) is 41.9. The molecule has 0 aromatic carbocycles. The maximum atomic E-state index is 2.00. The molecule has 0 atom stereocenters. The van der Waals surface area contributed by atoms with Crippen molar-refractivity contribution in [2.24, 2.45) is 0 Å². The van der Waals surface area contributed by atoms with Gasteiger partial charge in [-0.15, -0.1) is 0 Å². The van der Waals surface area contributed by atoms with Gasteiger partial charge in [0.15, 0.2) is 0 Å². The van der Waals surface area contributed by atoms with Crippen LogP contribution in [0.3, 0.4) is 0 Å². The third-order valence-electron chi connectivity index (χ3n) is 0. The number of hydrogen-bond acceptors (Lipinski definition) is 0. The van der Waals surface area contributed by atoms with E-state index in [0.29, 0.717) is 0 Å². The van der Waals surface area contributed by atoms with Gasteiger partial charge in [0.1, 0.15) is 0 Å². The maximum Gasteiger partial charge on any atom is 0 e. The Bertz CT molecular complexity index is 23.7. The van der Waals surface area contributed by atoms with E-state index in [4.69, 9.17) is 0 Å². The molecule has 10 heteroatoms. The Morgan fingerprint density at radius 3 is 0.263 bits per heavy atom. The largest absolute Gasteiger partial charge is 0.335 e. The van der Waals surface area contributed by atoms with Gasteiger partial charge in [0.2, 0.25) is 0 Å². The average Bonchev–Trinajstić information content (AvgIpc) is 1.70. The summed E-state index contributed by atoms with van der Waals surface area (Å²) in [4.78, 5) is 0. The topological polar surface area (TPSA) is 0 Å². The van der Waals surface area contributed by atoms with Crippen LogP contribution < -0.4 is 0 Å². The summed E-state index contributed by atoms with van der Waals surface area (Å²) >= 11 is 0. The zero-order chi connectivity index (χ0) is 8.12. The van der Waals surface area contributed by atoms with Gasteiger partial charge in [-0.05, 0) is 0 Å². The SMILES string of the molecule is C[CH-]C.C[CH-]C.C[CH-]C.[Y].[Y].[Y].[Y].[Y].[Y].[Y].[Y].[Y].[Y]. The quantitative estimate of drug-likeness (QED) is 0.326. The van der Waals surface area contributed by atoms with E-state index in [0.717, 1.165) is 0 Å². The normalized spacial score (nSPS) is 2.84. The van der Waals surface area contributed by atoms with E-state index in [-0.39, 0.29) is 327 Å². The van der Waals surface area contributed by atoms with Crippen LogP contribution in [-0.4, -0.2) is 0 Å². The first-order chi connectivity index (χ1) is 4.24. The van der Waals surface area contributed by atoms with Crippen LogP contribution in [0.4, 0.5) is 0 Å². The summed E-state index contributed by atoms with van der Waals surface area (Å²) in [5.41, 5.74) is 0. The van der Waals surface area contributed by atoms with Gasteiger partial charge in [-0.3, -0.25) is 0 Å². The number of rotatable bonds is 0. The molecule has 0 aromatic heterocycles. The third kappa shape index (κ3) is 174. The summed E-state index contributed by atoms with van der Waals surface area (Å²) < 4.78 is 0. The van der Waals surface area contributed by atoms with Gasteiger partial charge >= 0.3 is 0 Å². The molecule has 0 bridgehead atoms. The second-order valence-corrected chi connectivity index (χ2v) is 1.73. The molecule has 90 valence electrons. The zero-order valence-electron chi connectivity index (χ0n) is 13.5. The van der Waals surface area contributed by atoms with Gasteiger partial charge in [-0.25, -0.2) is 0 Å². The van der Waals surface area contributed by atoms with Crippen molar-refractivity contribution >= 4 is 0 Å². The van der Waals surface area contributed by atoms with Gasteiger partial charge in [-0.2, -0.15) is 41.5 Å². The number of hydrogen-bond donors (Lipinski definition) is 0. The molecule has 0 spiro atoms. The summed E-state index contributed by atoms with van der Waals surface area (Å²) in [5.74, 6) is 0. The molecule has 0 nitrogen and oxygen atoms in total. The minimum atomic E-state index is 0. The fraction of sp³-hybridized carbons (Fsp3) is 0.667. The monoisotopic (exact) mass is 1020 g/mol. The molecule has 0 unspecified atom stereocenters. The molecule has 0 heterocycles. The molecule has 0 fully saturated rings. The Balaban J connectivity index is -0.00000000205. The van der Waals surface area contributed by atoms with E-state index in [9.17, 15) is 0 Å². The summed E-state index contributed by atoms with van der Waals surface area (Å²) in [7, 11) is 0. The molecule has 0 aromatic rings. The molecule has 0 saturated carbocycles. The average molecular weight is 1020 g/mol. The second kappa shape index (κ2) is 116. The molecule has 19 heavy (non-hydrogen) atoms. The maximum absolute atomic E-state index is 2.00. The van der Waals surface area contributed by atoms with Crippen molar-refractivity contribution in [3.05, 3.63) is 19.3 Å². The van der Waals surface area contributed by atoms with Crippen LogP contribution in [0.25, 0.3) is 0 Å². The van der Waals surface area contributed by atoms with Crippen molar-refractivity contribution in [3.8, 4) is 0 Å².